The van der Waals surface area contributed by atoms with Gasteiger partial charge in [-0.1, -0.05) is 19.9 Å². The largest absolute Gasteiger partial charge is 0.492 e. The Morgan fingerprint density at radius 1 is 1.24 bits per heavy atom. The van der Waals surface area contributed by atoms with Crippen LogP contribution in [0.3, 0.4) is 0 Å². The topological polar surface area (TPSA) is 46.5 Å². The fourth-order valence-electron chi connectivity index (χ4n) is 2.63. The van der Waals surface area contributed by atoms with Crippen LogP contribution < -0.4 is 4.74 Å². The summed E-state index contributed by atoms with van der Waals surface area (Å²) in [6.07, 6.45) is 0. The summed E-state index contributed by atoms with van der Waals surface area (Å²) in [7, 11) is 0. The number of fused-ring (bicyclic) bond motifs is 1. The predicted octanol–water partition coefficient (Wildman–Crippen LogP) is 3.86. The van der Waals surface area contributed by atoms with Crippen LogP contribution >= 0.6 is 0 Å². The molecule has 0 unspecified atom stereocenters. The number of benzene rings is 2. The third-order valence-electron chi connectivity index (χ3n) is 3.82. The van der Waals surface area contributed by atoms with Gasteiger partial charge < -0.3 is 9.84 Å². The Morgan fingerprint density at radius 3 is 2.71 bits per heavy atom. The van der Waals surface area contributed by atoms with Crippen LogP contribution in [-0.2, 0) is 5.41 Å². The number of halogens is 1. The third-order valence-corrected chi connectivity index (χ3v) is 3.82. The van der Waals surface area contributed by atoms with Crippen molar-refractivity contribution >= 4 is 5.97 Å². The number of rotatable bonds is 2. The molecule has 4 heteroatoms. The van der Waals surface area contributed by atoms with E-state index in [2.05, 4.69) is 13.8 Å². The van der Waals surface area contributed by atoms with Crippen molar-refractivity contribution < 1.29 is 19.0 Å². The lowest BCUT2D eigenvalue weighted by Crippen LogP contribution is -2.18. The van der Waals surface area contributed by atoms with Gasteiger partial charge in [0.2, 0.25) is 0 Å². The first-order valence-electron chi connectivity index (χ1n) is 6.69. The molecule has 21 heavy (non-hydrogen) atoms. The molecule has 1 N–H and O–H groups in total. The summed E-state index contributed by atoms with van der Waals surface area (Å²) in [5, 5.41) is 9.27. The summed E-state index contributed by atoms with van der Waals surface area (Å²) in [4.78, 5) is 11.3. The van der Waals surface area contributed by atoms with Crippen molar-refractivity contribution in [3.63, 3.8) is 0 Å². The van der Waals surface area contributed by atoms with E-state index in [1.807, 2.05) is 12.1 Å². The molecule has 108 valence electrons. The smallest absolute Gasteiger partial charge is 0.336 e. The summed E-state index contributed by atoms with van der Waals surface area (Å²) in [5.41, 5.74) is 2.04. The van der Waals surface area contributed by atoms with Gasteiger partial charge >= 0.3 is 5.97 Å². The van der Waals surface area contributed by atoms with Crippen LogP contribution in [0.25, 0.3) is 11.1 Å². The van der Waals surface area contributed by atoms with Gasteiger partial charge in [0, 0.05) is 11.0 Å². The summed E-state index contributed by atoms with van der Waals surface area (Å²) < 4.78 is 19.1. The van der Waals surface area contributed by atoms with E-state index in [-0.39, 0.29) is 11.0 Å². The molecule has 0 saturated carbocycles. The lowest BCUT2D eigenvalue weighted by atomic mass is 9.85. The average molecular weight is 286 g/mol. The van der Waals surface area contributed by atoms with Crippen LogP contribution in [0.15, 0.2) is 36.4 Å². The highest BCUT2D eigenvalue weighted by Crippen LogP contribution is 2.41. The van der Waals surface area contributed by atoms with Gasteiger partial charge in [-0.3, -0.25) is 0 Å². The first-order chi connectivity index (χ1) is 9.88. The van der Waals surface area contributed by atoms with Crippen LogP contribution in [0.2, 0.25) is 0 Å². The number of carbonyl (C=O) groups is 1. The van der Waals surface area contributed by atoms with Crippen molar-refractivity contribution in [2.45, 2.75) is 19.3 Å². The molecule has 0 aliphatic carbocycles. The number of carboxylic acids is 1. The number of hydrogen-bond donors (Lipinski definition) is 1. The summed E-state index contributed by atoms with van der Waals surface area (Å²) in [6.45, 7) is 4.71. The van der Waals surface area contributed by atoms with Crippen LogP contribution in [-0.4, -0.2) is 17.7 Å². The van der Waals surface area contributed by atoms with Gasteiger partial charge in [-0.25, -0.2) is 9.18 Å². The molecule has 0 amide bonds. The van der Waals surface area contributed by atoms with E-state index in [9.17, 15) is 14.3 Å². The van der Waals surface area contributed by atoms with E-state index in [1.54, 1.807) is 6.07 Å². The molecule has 0 aromatic heterocycles. The number of hydrogen-bond acceptors (Lipinski definition) is 2. The Bertz CT molecular complexity index is 735. The maximum absolute atomic E-state index is 13.5. The van der Waals surface area contributed by atoms with Crippen molar-refractivity contribution in [1.29, 1.82) is 0 Å². The monoisotopic (exact) mass is 286 g/mol. The van der Waals surface area contributed by atoms with Gasteiger partial charge in [0.1, 0.15) is 11.6 Å². The highest BCUT2D eigenvalue weighted by Gasteiger charge is 2.32. The van der Waals surface area contributed by atoms with E-state index < -0.39 is 11.8 Å². The summed E-state index contributed by atoms with van der Waals surface area (Å²) in [6, 6.07) is 9.18. The quantitative estimate of drug-likeness (QED) is 0.911. The number of ether oxygens (including phenoxy) is 1. The molecule has 2 aromatic rings. The highest BCUT2D eigenvalue weighted by atomic mass is 19.1. The molecular formula is C17H15FO3. The van der Waals surface area contributed by atoms with E-state index in [4.69, 9.17) is 4.74 Å². The average Bonchev–Trinajstić information content (AvgIpc) is 2.74. The van der Waals surface area contributed by atoms with Crippen LogP contribution in [0.5, 0.6) is 5.75 Å². The second kappa shape index (κ2) is 4.58. The van der Waals surface area contributed by atoms with Gasteiger partial charge in [-0.15, -0.1) is 0 Å². The molecule has 0 saturated heterocycles. The van der Waals surface area contributed by atoms with Gasteiger partial charge in [-0.2, -0.15) is 0 Å². The van der Waals surface area contributed by atoms with Crippen molar-refractivity contribution in [3.05, 3.63) is 53.3 Å². The minimum absolute atomic E-state index is 0.0908. The van der Waals surface area contributed by atoms with Gasteiger partial charge in [-0.05, 0) is 41.5 Å². The van der Waals surface area contributed by atoms with Crippen molar-refractivity contribution in [3.8, 4) is 16.9 Å². The molecule has 1 aliphatic heterocycles. The van der Waals surface area contributed by atoms with Crippen molar-refractivity contribution in [2.24, 2.45) is 0 Å². The van der Waals surface area contributed by atoms with Crippen molar-refractivity contribution in [2.75, 3.05) is 6.61 Å². The predicted molar refractivity (Wildman–Crippen MR) is 77.3 cm³/mol. The Labute approximate surface area is 122 Å². The first kappa shape index (κ1) is 13.6. The minimum atomic E-state index is -1.07. The molecular weight excluding hydrogens is 271 g/mol. The zero-order chi connectivity index (χ0) is 15.2. The second-order valence-electron chi connectivity index (χ2n) is 5.88. The maximum atomic E-state index is 13.5. The molecule has 3 rings (SSSR count). The highest BCUT2D eigenvalue weighted by molar-refractivity contribution is 5.96. The second-order valence-corrected chi connectivity index (χ2v) is 5.88. The maximum Gasteiger partial charge on any atom is 0.336 e. The van der Waals surface area contributed by atoms with E-state index in [0.717, 1.165) is 17.4 Å². The molecule has 0 fully saturated rings. The zero-order valence-corrected chi connectivity index (χ0v) is 11.8. The molecule has 0 atom stereocenters. The number of aromatic carboxylic acids is 1. The molecule has 0 bridgehead atoms. The normalized spacial score (nSPS) is 15.4. The van der Waals surface area contributed by atoms with Crippen molar-refractivity contribution in [1.82, 2.24) is 0 Å². The fraction of sp³-hybridized carbons (Fsp3) is 0.235. The Balaban J connectivity index is 2.19. The fourth-order valence-corrected chi connectivity index (χ4v) is 2.63. The Morgan fingerprint density at radius 2 is 2.00 bits per heavy atom. The Hall–Kier alpha value is -2.36. The molecule has 0 spiro atoms. The summed E-state index contributed by atoms with van der Waals surface area (Å²) in [5.74, 6) is -0.718. The van der Waals surface area contributed by atoms with Gasteiger partial charge in [0.15, 0.2) is 0 Å². The Kier molecular flexibility index (Phi) is 2.97. The minimum Gasteiger partial charge on any atom is -0.492 e. The molecule has 3 nitrogen and oxygen atoms in total. The molecule has 1 heterocycles. The van der Waals surface area contributed by atoms with Crippen LogP contribution in [0, 0.1) is 5.82 Å². The van der Waals surface area contributed by atoms with E-state index in [0.29, 0.717) is 17.7 Å². The standard InChI is InChI=1S/C17H15FO3/c1-17(2)9-21-15-6-3-10(7-14(15)17)13-8-11(18)4-5-12(13)16(19)20/h3-8H,9H2,1-2H3,(H,19,20). The zero-order valence-electron chi connectivity index (χ0n) is 11.8. The lowest BCUT2D eigenvalue weighted by molar-refractivity contribution is 0.0697. The molecule has 0 radical (unpaired) electrons. The number of carboxylic acid groups (broad SMARTS) is 1. The summed E-state index contributed by atoms with van der Waals surface area (Å²) >= 11 is 0. The van der Waals surface area contributed by atoms with E-state index >= 15 is 0 Å². The van der Waals surface area contributed by atoms with E-state index in [1.165, 1.54) is 12.1 Å². The van der Waals surface area contributed by atoms with Gasteiger partial charge in [0.25, 0.3) is 0 Å². The third kappa shape index (κ3) is 2.27. The first-order valence-corrected chi connectivity index (χ1v) is 6.69. The SMILES string of the molecule is CC1(C)COc2ccc(-c3cc(F)ccc3C(=O)O)cc21. The molecule has 2 aromatic carbocycles. The molecule has 1 aliphatic rings. The lowest BCUT2D eigenvalue weighted by Gasteiger charge is -2.16. The van der Waals surface area contributed by atoms with Gasteiger partial charge in [0.05, 0.1) is 12.2 Å². The van der Waals surface area contributed by atoms with Crippen LogP contribution in [0.1, 0.15) is 29.8 Å². The van der Waals surface area contributed by atoms with Crippen LogP contribution in [0.4, 0.5) is 4.39 Å².